The van der Waals surface area contributed by atoms with Crippen LogP contribution in [0.5, 0.6) is 0 Å². The van der Waals surface area contributed by atoms with Gasteiger partial charge in [-0.15, -0.1) is 0 Å². The van der Waals surface area contributed by atoms with Crippen molar-refractivity contribution >= 4 is 23.8 Å². The lowest BCUT2D eigenvalue weighted by molar-refractivity contribution is -0.157. The van der Waals surface area contributed by atoms with Crippen molar-refractivity contribution in [2.75, 3.05) is 0 Å². The van der Waals surface area contributed by atoms with E-state index in [-0.39, 0.29) is 12.0 Å². The van der Waals surface area contributed by atoms with Crippen LogP contribution >= 0.6 is 0 Å². The molecule has 0 radical (unpaired) electrons. The number of carboxylic acids is 2. The lowest BCUT2D eigenvalue weighted by atomic mass is 9.76. The highest BCUT2D eigenvalue weighted by molar-refractivity contribution is 6.09. The topological polar surface area (TPSA) is 87.0 Å². The molecule has 0 bridgehead atoms. The summed E-state index contributed by atoms with van der Waals surface area (Å²) in [5, 5.41) is 18.3. The molecule has 2 rings (SSSR count). The van der Waals surface area contributed by atoms with Crippen molar-refractivity contribution in [1.82, 2.24) is 0 Å². The van der Waals surface area contributed by atoms with Crippen molar-refractivity contribution in [1.29, 1.82) is 0 Å². The molecule has 1 aromatic rings. The van der Waals surface area contributed by atoms with Crippen LogP contribution in [0.2, 0.25) is 0 Å². The molecule has 0 aliphatic carbocycles. The molecule has 0 unspecified atom stereocenters. The van der Waals surface area contributed by atoms with Gasteiger partial charge in [0, 0.05) is 18.2 Å². The van der Waals surface area contributed by atoms with Crippen LogP contribution in [-0.2, 0) is 15.0 Å². The third-order valence-corrected chi connectivity index (χ3v) is 2.72. The van der Waals surface area contributed by atoms with Gasteiger partial charge >= 0.3 is 11.9 Å². The second-order valence-electron chi connectivity index (χ2n) is 3.55. The van der Waals surface area contributed by atoms with Gasteiger partial charge in [0.15, 0.2) is 5.41 Å². The summed E-state index contributed by atoms with van der Waals surface area (Å²) in [6.45, 7) is 0. The van der Waals surface area contributed by atoms with Gasteiger partial charge in [0.25, 0.3) is 0 Å². The van der Waals surface area contributed by atoms with E-state index >= 15 is 0 Å². The van der Waals surface area contributed by atoms with Crippen LogP contribution in [0, 0.1) is 0 Å². The average Bonchev–Trinajstić information content (AvgIpc) is 2.27. The summed E-state index contributed by atoms with van der Waals surface area (Å²) in [6, 6.07) is 6.40. The molecule has 1 aliphatic rings. The number of hydrogen-bond donors (Lipinski definition) is 2. The van der Waals surface area contributed by atoms with E-state index in [2.05, 4.69) is 4.99 Å². The lowest BCUT2D eigenvalue weighted by Crippen LogP contribution is -2.45. The molecule has 0 amide bonds. The summed E-state index contributed by atoms with van der Waals surface area (Å²) in [6.07, 6.45) is 1.21. The van der Waals surface area contributed by atoms with Crippen molar-refractivity contribution in [3.05, 3.63) is 29.8 Å². The maximum atomic E-state index is 11.2. The Morgan fingerprint density at radius 2 is 1.81 bits per heavy atom. The van der Waals surface area contributed by atoms with Gasteiger partial charge in [-0.25, -0.2) is 0 Å². The van der Waals surface area contributed by atoms with Gasteiger partial charge in [0.1, 0.15) is 0 Å². The van der Waals surface area contributed by atoms with E-state index in [0.29, 0.717) is 5.69 Å². The van der Waals surface area contributed by atoms with Crippen LogP contribution in [0.3, 0.4) is 0 Å². The molecule has 1 aromatic carbocycles. The fourth-order valence-electron chi connectivity index (χ4n) is 1.83. The maximum Gasteiger partial charge on any atom is 0.326 e. The number of aliphatic imine (C=N–C) groups is 1. The fourth-order valence-corrected chi connectivity index (χ4v) is 1.83. The second-order valence-corrected chi connectivity index (χ2v) is 3.55. The minimum Gasteiger partial charge on any atom is -0.480 e. The predicted octanol–water partition coefficient (Wildman–Crippen LogP) is 1.20. The van der Waals surface area contributed by atoms with Crippen LogP contribution in [0.1, 0.15) is 12.0 Å². The van der Waals surface area contributed by atoms with Gasteiger partial charge in [0.05, 0.1) is 5.69 Å². The Morgan fingerprint density at radius 3 is 2.44 bits per heavy atom. The quantitative estimate of drug-likeness (QED) is 0.731. The molecule has 0 spiro atoms. The van der Waals surface area contributed by atoms with Gasteiger partial charge in [-0.05, 0) is 6.07 Å². The third-order valence-electron chi connectivity index (χ3n) is 2.72. The monoisotopic (exact) mass is 219 g/mol. The van der Waals surface area contributed by atoms with Crippen LogP contribution in [0.15, 0.2) is 29.3 Å². The SMILES string of the molecule is O=C(O)C1(C(=O)O)CC=Nc2ccccc21. The summed E-state index contributed by atoms with van der Waals surface area (Å²) in [4.78, 5) is 26.5. The molecule has 82 valence electrons. The van der Waals surface area contributed by atoms with Crippen LogP contribution in [0.25, 0.3) is 0 Å². The molecule has 2 N–H and O–H groups in total. The van der Waals surface area contributed by atoms with Crippen molar-refractivity contribution < 1.29 is 19.8 Å². The Morgan fingerprint density at radius 1 is 1.19 bits per heavy atom. The van der Waals surface area contributed by atoms with Crippen molar-refractivity contribution in [2.24, 2.45) is 4.99 Å². The fraction of sp³-hybridized carbons (Fsp3) is 0.182. The molecule has 16 heavy (non-hydrogen) atoms. The minimum absolute atomic E-state index is 0.130. The Bertz CT molecular complexity index is 479. The molecule has 5 heteroatoms. The highest BCUT2D eigenvalue weighted by Crippen LogP contribution is 2.38. The van der Waals surface area contributed by atoms with E-state index in [4.69, 9.17) is 10.2 Å². The number of fused-ring (bicyclic) bond motifs is 1. The van der Waals surface area contributed by atoms with E-state index in [1.54, 1.807) is 18.2 Å². The zero-order chi connectivity index (χ0) is 11.8. The first-order chi connectivity index (χ1) is 7.59. The number of carboxylic acid groups (broad SMARTS) is 2. The highest BCUT2D eigenvalue weighted by atomic mass is 16.4. The van der Waals surface area contributed by atoms with Gasteiger partial charge < -0.3 is 10.2 Å². The smallest absolute Gasteiger partial charge is 0.326 e. The Hall–Kier alpha value is -2.17. The van der Waals surface area contributed by atoms with Crippen LogP contribution in [0.4, 0.5) is 5.69 Å². The normalized spacial score (nSPS) is 16.5. The van der Waals surface area contributed by atoms with E-state index in [9.17, 15) is 9.59 Å². The maximum absolute atomic E-state index is 11.2. The number of rotatable bonds is 2. The number of nitrogens with zero attached hydrogens (tertiary/aromatic N) is 1. The number of hydrogen-bond acceptors (Lipinski definition) is 3. The van der Waals surface area contributed by atoms with E-state index < -0.39 is 17.4 Å². The van der Waals surface area contributed by atoms with Gasteiger partial charge in [0.2, 0.25) is 0 Å². The first kappa shape index (κ1) is 10.4. The zero-order valence-corrected chi connectivity index (χ0v) is 8.25. The molecule has 0 atom stereocenters. The molecule has 0 fully saturated rings. The molecule has 0 saturated heterocycles. The first-order valence-corrected chi connectivity index (χ1v) is 4.68. The standard InChI is InChI=1S/C11H9NO4/c13-9(14)11(10(15)16)5-6-12-8-4-2-1-3-7(8)11/h1-4,6H,5H2,(H,13,14)(H,15,16). The molecule has 1 heterocycles. The molecular weight excluding hydrogens is 210 g/mol. The highest BCUT2D eigenvalue weighted by Gasteiger charge is 2.50. The Labute approximate surface area is 91.1 Å². The third kappa shape index (κ3) is 1.21. The van der Waals surface area contributed by atoms with E-state index in [1.165, 1.54) is 12.3 Å². The summed E-state index contributed by atoms with van der Waals surface area (Å²) in [5.74, 6) is -2.72. The first-order valence-electron chi connectivity index (χ1n) is 4.68. The van der Waals surface area contributed by atoms with Gasteiger partial charge in [-0.1, -0.05) is 18.2 Å². The van der Waals surface area contributed by atoms with E-state index in [0.717, 1.165) is 0 Å². The molecule has 0 saturated carbocycles. The van der Waals surface area contributed by atoms with E-state index in [1.807, 2.05) is 0 Å². The molecule has 0 aromatic heterocycles. The zero-order valence-electron chi connectivity index (χ0n) is 8.25. The lowest BCUT2D eigenvalue weighted by Gasteiger charge is -2.27. The summed E-state index contributed by atoms with van der Waals surface area (Å²) in [7, 11) is 0. The number of benzene rings is 1. The predicted molar refractivity (Wildman–Crippen MR) is 56.2 cm³/mol. The van der Waals surface area contributed by atoms with Gasteiger partial charge in [-0.2, -0.15) is 0 Å². The summed E-state index contributed by atoms with van der Waals surface area (Å²) < 4.78 is 0. The van der Waals surface area contributed by atoms with Crippen LogP contribution in [-0.4, -0.2) is 28.4 Å². The van der Waals surface area contributed by atoms with Crippen LogP contribution < -0.4 is 0 Å². The Kier molecular flexibility index (Phi) is 2.23. The number of aliphatic carboxylic acids is 2. The average molecular weight is 219 g/mol. The van der Waals surface area contributed by atoms with Crippen molar-refractivity contribution in [3.63, 3.8) is 0 Å². The molecule has 1 aliphatic heterocycles. The van der Waals surface area contributed by atoms with Gasteiger partial charge in [-0.3, -0.25) is 14.6 Å². The van der Waals surface area contributed by atoms with Crippen molar-refractivity contribution in [2.45, 2.75) is 11.8 Å². The van der Waals surface area contributed by atoms with Crippen molar-refractivity contribution in [3.8, 4) is 0 Å². The minimum atomic E-state index is -1.90. The second kappa shape index (κ2) is 3.44. The molecular formula is C11H9NO4. The number of carbonyl (C=O) groups is 2. The summed E-state index contributed by atoms with van der Waals surface area (Å²) >= 11 is 0. The largest absolute Gasteiger partial charge is 0.480 e. The number of para-hydroxylation sites is 1. The summed E-state index contributed by atoms with van der Waals surface area (Å²) in [5.41, 5.74) is -1.27. The molecule has 5 nitrogen and oxygen atoms in total. The Balaban J connectivity index is 2.71.